The minimum Gasteiger partial charge on any atom is -0.502 e. The van der Waals surface area contributed by atoms with Gasteiger partial charge in [-0.05, 0) is 18.2 Å². The number of hydrogen-bond donors (Lipinski definition) is 1. The molecule has 1 aromatic heterocycles. The van der Waals surface area contributed by atoms with Gasteiger partial charge in [0.2, 0.25) is 16.9 Å². The molecule has 8 heteroatoms. The second-order valence-corrected chi connectivity index (χ2v) is 5.69. The molecule has 0 radical (unpaired) electrons. The van der Waals surface area contributed by atoms with Crippen molar-refractivity contribution < 1.29 is 33.2 Å². The fourth-order valence-electron chi connectivity index (χ4n) is 2.98. The number of rotatable bonds is 6. The lowest BCUT2D eigenvalue weighted by Gasteiger charge is -2.15. The smallest absolute Gasteiger partial charge is 0.239 e. The highest BCUT2D eigenvalue weighted by molar-refractivity contribution is 5.92. The Morgan fingerprint density at radius 1 is 0.821 bits per heavy atom. The third-order valence-corrected chi connectivity index (χ3v) is 4.32. The van der Waals surface area contributed by atoms with Gasteiger partial charge in [-0.3, -0.25) is 4.79 Å². The van der Waals surface area contributed by atoms with E-state index in [0.717, 1.165) is 0 Å². The second-order valence-electron chi connectivity index (χ2n) is 5.69. The van der Waals surface area contributed by atoms with E-state index in [1.807, 2.05) is 0 Å². The van der Waals surface area contributed by atoms with E-state index in [2.05, 4.69) is 0 Å². The molecule has 0 spiro atoms. The van der Waals surface area contributed by atoms with Gasteiger partial charge in [-0.1, -0.05) is 0 Å². The Morgan fingerprint density at radius 2 is 1.50 bits per heavy atom. The molecular formula is C20H20O8. The summed E-state index contributed by atoms with van der Waals surface area (Å²) in [4.78, 5) is 13.2. The van der Waals surface area contributed by atoms with Crippen LogP contribution in [0, 0.1) is 0 Å². The molecule has 2 aromatic carbocycles. The van der Waals surface area contributed by atoms with Crippen LogP contribution in [0.15, 0.2) is 33.5 Å². The summed E-state index contributed by atoms with van der Waals surface area (Å²) in [7, 11) is 7.09. The van der Waals surface area contributed by atoms with Crippen LogP contribution >= 0.6 is 0 Å². The summed E-state index contributed by atoms with van der Waals surface area (Å²) >= 11 is 0. The average Bonchev–Trinajstić information content (AvgIpc) is 2.72. The van der Waals surface area contributed by atoms with Crippen LogP contribution in [0.4, 0.5) is 0 Å². The van der Waals surface area contributed by atoms with E-state index in [4.69, 9.17) is 28.1 Å². The molecule has 1 heterocycles. The number of fused-ring (bicyclic) bond motifs is 1. The predicted molar refractivity (Wildman–Crippen MR) is 102 cm³/mol. The quantitative estimate of drug-likeness (QED) is 0.688. The molecule has 3 rings (SSSR count). The molecule has 0 aliphatic rings. The van der Waals surface area contributed by atoms with Gasteiger partial charge in [-0.2, -0.15) is 0 Å². The highest BCUT2D eigenvalue weighted by Gasteiger charge is 2.25. The van der Waals surface area contributed by atoms with Gasteiger partial charge in [0.25, 0.3) is 0 Å². The summed E-state index contributed by atoms with van der Waals surface area (Å²) in [5.74, 6) is 0.804. The fraction of sp³-hybridized carbons (Fsp3) is 0.250. The minimum absolute atomic E-state index is 0.0308. The standard InChI is InChI=1S/C20H20O8/c1-23-10-6-7-12(24-2)11(8-10)18-20(27-5)17(22)15-13(28-18)9-14(25-3)16(21)19(15)26-4/h6-9,21H,1-5H3. The molecule has 0 saturated heterocycles. The van der Waals surface area contributed by atoms with Crippen molar-refractivity contribution in [2.75, 3.05) is 35.5 Å². The number of ether oxygens (including phenoxy) is 5. The molecule has 1 N–H and O–H groups in total. The molecule has 0 saturated carbocycles. The maximum Gasteiger partial charge on any atom is 0.239 e. The summed E-state index contributed by atoms with van der Waals surface area (Å²) in [5, 5.41) is 10.3. The fourth-order valence-corrected chi connectivity index (χ4v) is 2.98. The van der Waals surface area contributed by atoms with Crippen molar-refractivity contribution in [2.45, 2.75) is 0 Å². The van der Waals surface area contributed by atoms with Crippen molar-refractivity contribution in [1.29, 1.82) is 0 Å². The summed E-state index contributed by atoms with van der Waals surface area (Å²) in [6.07, 6.45) is 0. The number of methoxy groups -OCH3 is 5. The maximum atomic E-state index is 13.2. The van der Waals surface area contributed by atoms with Gasteiger partial charge in [0, 0.05) is 6.07 Å². The number of phenolic OH excluding ortho intramolecular Hbond substituents is 1. The van der Waals surface area contributed by atoms with Crippen LogP contribution in [0.2, 0.25) is 0 Å². The van der Waals surface area contributed by atoms with Crippen LogP contribution in [-0.4, -0.2) is 40.7 Å². The van der Waals surface area contributed by atoms with E-state index >= 15 is 0 Å². The number of benzene rings is 2. The molecule has 148 valence electrons. The zero-order valence-corrected chi connectivity index (χ0v) is 16.1. The van der Waals surface area contributed by atoms with Crippen LogP contribution in [-0.2, 0) is 0 Å². The second kappa shape index (κ2) is 7.59. The zero-order valence-electron chi connectivity index (χ0n) is 16.1. The average molecular weight is 388 g/mol. The molecular weight excluding hydrogens is 368 g/mol. The Labute approximate surface area is 160 Å². The van der Waals surface area contributed by atoms with Crippen molar-refractivity contribution in [3.8, 4) is 45.8 Å². The SMILES string of the molecule is COc1ccc(OC)c(-c2oc3cc(OC)c(O)c(OC)c3c(=O)c2OC)c1. The van der Waals surface area contributed by atoms with Gasteiger partial charge in [0.1, 0.15) is 22.5 Å². The van der Waals surface area contributed by atoms with Gasteiger partial charge < -0.3 is 33.2 Å². The van der Waals surface area contributed by atoms with E-state index in [9.17, 15) is 9.90 Å². The molecule has 0 amide bonds. The third-order valence-electron chi connectivity index (χ3n) is 4.32. The summed E-state index contributed by atoms with van der Waals surface area (Å²) in [6.45, 7) is 0. The molecule has 3 aromatic rings. The van der Waals surface area contributed by atoms with Crippen LogP contribution < -0.4 is 29.1 Å². The highest BCUT2D eigenvalue weighted by Crippen LogP contribution is 2.45. The Morgan fingerprint density at radius 3 is 2.07 bits per heavy atom. The Kier molecular flexibility index (Phi) is 5.21. The number of hydrogen-bond acceptors (Lipinski definition) is 8. The van der Waals surface area contributed by atoms with Crippen molar-refractivity contribution in [3.05, 3.63) is 34.5 Å². The first-order valence-corrected chi connectivity index (χ1v) is 8.21. The monoisotopic (exact) mass is 388 g/mol. The van der Waals surface area contributed by atoms with E-state index < -0.39 is 5.43 Å². The first-order valence-electron chi connectivity index (χ1n) is 8.21. The van der Waals surface area contributed by atoms with Crippen LogP contribution in [0.3, 0.4) is 0 Å². The number of aromatic hydroxyl groups is 1. The third kappa shape index (κ3) is 2.92. The molecule has 0 atom stereocenters. The van der Waals surface area contributed by atoms with E-state index in [1.165, 1.54) is 41.6 Å². The Balaban J connectivity index is 2.46. The first kappa shape index (κ1) is 19.2. The van der Waals surface area contributed by atoms with E-state index in [1.54, 1.807) is 18.2 Å². The van der Waals surface area contributed by atoms with Crippen LogP contribution in [0.5, 0.6) is 34.5 Å². The van der Waals surface area contributed by atoms with Gasteiger partial charge in [-0.15, -0.1) is 0 Å². The number of phenols is 1. The van der Waals surface area contributed by atoms with E-state index in [0.29, 0.717) is 17.1 Å². The van der Waals surface area contributed by atoms with Crippen LogP contribution in [0.25, 0.3) is 22.3 Å². The molecule has 28 heavy (non-hydrogen) atoms. The lowest BCUT2D eigenvalue weighted by Crippen LogP contribution is -2.09. The maximum absolute atomic E-state index is 13.2. The molecule has 0 unspecified atom stereocenters. The topological polar surface area (TPSA) is 96.6 Å². The molecule has 0 aliphatic heterocycles. The largest absolute Gasteiger partial charge is 0.502 e. The van der Waals surface area contributed by atoms with Crippen molar-refractivity contribution in [1.82, 2.24) is 0 Å². The first-order chi connectivity index (χ1) is 13.5. The van der Waals surface area contributed by atoms with E-state index in [-0.39, 0.29) is 39.7 Å². The Hall–Kier alpha value is -3.55. The normalized spacial score (nSPS) is 10.6. The van der Waals surface area contributed by atoms with Crippen LogP contribution in [0.1, 0.15) is 0 Å². The van der Waals surface area contributed by atoms with Gasteiger partial charge in [-0.25, -0.2) is 0 Å². The highest BCUT2D eigenvalue weighted by atomic mass is 16.5. The minimum atomic E-state index is -0.515. The lowest BCUT2D eigenvalue weighted by atomic mass is 10.1. The van der Waals surface area contributed by atoms with Crippen molar-refractivity contribution in [2.24, 2.45) is 0 Å². The van der Waals surface area contributed by atoms with Gasteiger partial charge in [0.15, 0.2) is 17.3 Å². The van der Waals surface area contributed by atoms with Crippen molar-refractivity contribution in [3.63, 3.8) is 0 Å². The van der Waals surface area contributed by atoms with Crippen molar-refractivity contribution >= 4 is 11.0 Å². The Bertz CT molecular complexity index is 1080. The van der Waals surface area contributed by atoms with Gasteiger partial charge >= 0.3 is 0 Å². The predicted octanol–water partition coefficient (Wildman–Crippen LogP) is 3.21. The molecule has 0 bridgehead atoms. The molecule has 0 aliphatic carbocycles. The summed E-state index contributed by atoms with van der Waals surface area (Å²) < 4.78 is 32.4. The summed E-state index contributed by atoms with van der Waals surface area (Å²) in [6, 6.07) is 6.48. The summed E-state index contributed by atoms with van der Waals surface area (Å²) in [5.41, 5.74) is 0.0966. The molecule has 0 fully saturated rings. The van der Waals surface area contributed by atoms with Gasteiger partial charge in [0.05, 0.1) is 41.1 Å². The lowest BCUT2D eigenvalue weighted by molar-refractivity contribution is 0.341. The zero-order chi connectivity index (χ0) is 20.4. The molecule has 8 nitrogen and oxygen atoms in total.